The van der Waals surface area contributed by atoms with E-state index in [0.29, 0.717) is 0 Å². The summed E-state index contributed by atoms with van der Waals surface area (Å²) in [6, 6.07) is 32.9. The van der Waals surface area contributed by atoms with Crippen molar-refractivity contribution in [1.29, 1.82) is 0 Å². The first-order valence-corrected chi connectivity index (χ1v) is 18.2. The van der Waals surface area contributed by atoms with Crippen LogP contribution in [0.5, 0.6) is 11.5 Å². The average Bonchev–Trinajstić information content (AvgIpc) is 3.49. The molecule has 0 N–H and O–H groups in total. The van der Waals surface area contributed by atoms with Gasteiger partial charge in [-0.05, 0) is 17.0 Å². The van der Waals surface area contributed by atoms with Crippen molar-refractivity contribution in [3.63, 3.8) is 0 Å². The van der Waals surface area contributed by atoms with E-state index in [1.165, 1.54) is 32.9 Å². The second kappa shape index (κ2) is 11.7. The molecule has 0 spiro atoms. The molecule has 0 aliphatic carbocycles. The molecule has 0 saturated carbocycles. The van der Waals surface area contributed by atoms with Crippen molar-refractivity contribution < 1.29 is 24.1 Å². The summed E-state index contributed by atoms with van der Waals surface area (Å²) in [5.74, 6) is 2.58. The molecule has 6 heteroatoms. The van der Waals surface area contributed by atoms with Gasteiger partial charge in [-0.25, -0.2) is 0 Å². The van der Waals surface area contributed by atoms with Gasteiger partial charge in [0.05, 0.1) is 0 Å². The summed E-state index contributed by atoms with van der Waals surface area (Å²) in [6.45, 7) is 20.3. The monoisotopic (exact) mass is 829 g/mol. The number of aryl methyl sites for hydroxylation is 1. The van der Waals surface area contributed by atoms with Gasteiger partial charge in [0.25, 0.3) is 0 Å². The molecule has 0 saturated heterocycles. The van der Waals surface area contributed by atoms with Gasteiger partial charge in [0.1, 0.15) is 0 Å². The Kier molecular flexibility index (Phi) is 7.95. The Morgan fingerprint density at radius 3 is 1.92 bits per heavy atom. The number of hydrogen-bond acceptors (Lipinski definition) is 2. The van der Waals surface area contributed by atoms with Crippen LogP contribution in [0.25, 0.3) is 44.3 Å². The van der Waals surface area contributed by atoms with Gasteiger partial charge in [0.15, 0.2) is 0 Å². The number of para-hydroxylation sites is 3. The number of rotatable bonds is 4. The Bertz CT molecular complexity index is 2460. The Balaban J connectivity index is 1.48. The third kappa shape index (κ3) is 5.91. The van der Waals surface area contributed by atoms with Crippen molar-refractivity contribution in [3.05, 3.63) is 118 Å². The molecule has 0 atom stereocenters. The van der Waals surface area contributed by atoms with E-state index in [9.17, 15) is 0 Å². The van der Waals surface area contributed by atoms with Gasteiger partial charge in [-0.3, -0.25) is 0 Å². The summed E-state index contributed by atoms with van der Waals surface area (Å²) >= 11 is 2.43. The fraction of sp³-hybridized carbons (Fsp3) is 0.302. The predicted octanol–water partition coefficient (Wildman–Crippen LogP) is 11.2. The zero-order valence-electron chi connectivity index (χ0n) is 30.3. The van der Waals surface area contributed by atoms with Gasteiger partial charge in [-0.15, -0.1) is 0 Å². The van der Waals surface area contributed by atoms with Crippen LogP contribution in [0.15, 0.2) is 97.2 Å². The number of pyridine rings is 1. The summed E-state index contributed by atoms with van der Waals surface area (Å²) in [6.07, 6.45) is 1.93. The summed E-state index contributed by atoms with van der Waals surface area (Å²) in [5, 5.41) is 2.40. The molecule has 3 aromatic heterocycles. The number of imidazole rings is 1. The van der Waals surface area contributed by atoms with Gasteiger partial charge in [-0.1, -0.05) is 32.9 Å². The second-order valence-corrected chi connectivity index (χ2v) is 17.3. The van der Waals surface area contributed by atoms with Crippen molar-refractivity contribution in [2.75, 3.05) is 0 Å². The molecule has 3 heterocycles. The summed E-state index contributed by atoms with van der Waals surface area (Å²) in [7, 11) is 2.13. The normalized spacial score (nSPS) is 12.8. The van der Waals surface area contributed by atoms with Crippen molar-refractivity contribution in [3.8, 4) is 23.0 Å². The average molecular weight is 830 g/mol. The van der Waals surface area contributed by atoms with Crippen LogP contribution >= 0.6 is 0 Å². The molecule has 49 heavy (non-hydrogen) atoms. The van der Waals surface area contributed by atoms with Gasteiger partial charge in [0.2, 0.25) is 0 Å². The van der Waals surface area contributed by atoms with E-state index >= 15 is 0 Å². The van der Waals surface area contributed by atoms with Crippen LogP contribution in [-0.4, -0.2) is 18.7 Å². The minimum absolute atomic E-state index is 0.000147. The fourth-order valence-corrected chi connectivity index (χ4v) is 7.60. The van der Waals surface area contributed by atoms with Gasteiger partial charge >= 0.3 is 246 Å². The SMILES string of the molecule is Cn1[c](=[Pt])n(-c2cc(Oc3cc4c(cc3C(C)(C)C)c3ccccc3n4-c3cc(C(C)(C)C)ccn3)cc(C(C)(C)C)c2)c2ccccc21. The van der Waals surface area contributed by atoms with Crippen molar-refractivity contribution in [2.45, 2.75) is 78.6 Å². The topological polar surface area (TPSA) is 36.9 Å². The van der Waals surface area contributed by atoms with Crippen LogP contribution in [0, 0.1) is 3.80 Å². The van der Waals surface area contributed by atoms with Crippen LogP contribution < -0.4 is 4.74 Å². The van der Waals surface area contributed by atoms with E-state index in [2.05, 4.69) is 193 Å². The second-order valence-electron chi connectivity index (χ2n) is 16.3. The standard InChI is InChI=1S/C43H46N4O.Pt/c1-41(2,3)28-19-20-44-40(23-28)47-35-16-12-11-15-32(35)33-25-34(43(7,8)9)39(26-38(33)47)48-31-22-29(42(4,5)6)21-30(24-31)46-27-45(10)36-17-13-14-18-37(36)46;/h11-26H,1-10H3;. The third-order valence-corrected chi connectivity index (χ3v) is 10.8. The summed E-state index contributed by atoms with van der Waals surface area (Å²) in [5.41, 5.74) is 9.02. The molecule has 7 aromatic rings. The number of aromatic nitrogens is 4. The van der Waals surface area contributed by atoms with E-state index < -0.39 is 0 Å². The number of benzene rings is 4. The summed E-state index contributed by atoms with van der Waals surface area (Å²) in [4.78, 5) is 4.92. The van der Waals surface area contributed by atoms with E-state index in [0.717, 1.165) is 43.4 Å². The number of ether oxygens (including phenoxy) is 1. The molecule has 254 valence electrons. The van der Waals surface area contributed by atoms with Crippen LogP contribution in [0.2, 0.25) is 0 Å². The molecule has 0 fully saturated rings. The molecule has 0 amide bonds. The molecule has 0 aliphatic rings. The van der Waals surface area contributed by atoms with Crippen LogP contribution in [0.1, 0.15) is 79.0 Å². The quantitative estimate of drug-likeness (QED) is 0.177. The van der Waals surface area contributed by atoms with Crippen LogP contribution in [0.4, 0.5) is 0 Å². The Hall–Kier alpha value is -4.21. The first kappa shape index (κ1) is 33.3. The minimum atomic E-state index is -0.165. The Morgan fingerprint density at radius 2 is 1.24 bits per heavy atom. The zero-order chi connectivity index (χ0) is 35.0. The molecule has 0 aliphatic heterocycles. The Morgan fingerprint density at radius 1 is 0.592 bits per heavy atom. The molecular weight excluding hydrogens is 784 g/mol. The van der Waals surface area contributed by atoms with E-state index in [4.69, 9.17) is 9.72 Å². The molecular formula is C43H46N4OPt. The molecule has 0 bridgehead atoms. The maximum atomic E-state index is 7.11. The van der Waals surface area contributed by atoms with Gasteiger partial charge < -0.3 is 0 Å². The zero-order valence-corrected chi connectivity index (χ0v) is 32.5. The third-order valence-electron chi connectivity index (χ3n) is 9.58. The Labute approximate surface area is 300 Å². The van der Waals surface area contributed by atoms with E-state index in [-0.39, 0.29) is 16.2 Å². The van der Waals surface area contributed by atoms with Crippen molar-refractivity contribution >= 4 is 32.8 Å². The number of nitrogens with zero attached hydrogens (tertiary/aromatic N) is 4. The van der Waals surface area contributed by atoms with Gasteiger partial charge in [0, 0.05) is 6.20 Å². The first-order valence-electron chi connectivity index (χ1n) is 17.0. The molecule has 4 aromatic carbocycles. The number of fused-ring (bicyclic) bond motifs is 4. The van der Waals surface area contributed by atoms with Gasteiger partial charge in [-0.2, -0.15) is 0 Å². The van der Waals surface area contributed by atoms with Crippen molar-refractivity contribution in [1.82, 2.24) is 18.7 Å². The predicted molar refractivity (Wildman–Crippen MR) is 200 cm³/mol. The van der Waals surface area contributed by atoms with E-state index in [1.807, 2.05) is 6.20 Å². The fourth-order valence-electron chi connectivity index (χ4n) is 6.76. The molecule has 5 nitrogen and oxygen atoms in total. The molecule has 0 unspecified atom stereocenters. The maximum absolute atomic E-state index is 7.11. The summed E-state index contributed by atoms with van der Waals surface area (Å²) < 4.78 is 15.1. The molecule has 7 rings (SSSR count). The van der Waals surface area contributed by atoms with Crippen LogP contribution in [-0.2, 0) is 42.6 Å². The van der Waals surface area contributed by atoms with E-state index in [1.54, 1.807) is 0 Å². The number of hydrogen-bond donors (Lipinski definition) is 0. The van der Waals surface area contributed by atoms with Crippen molar-refractivity contribution in [2.24, 2.45) is 7.05 Å². The molecule has 0 radical (unpaired) electrons. The first-order chi connectivity index (χ1) is 23.0. The van der Waals surface area contributed by atoms with Crippen LogP contribution in [0.3, 0.4) is 0 Å².